The first-order valence-electron chi connectivity index (χ1n) is 8.32. The molecule has 0 aliphatic rings. The van der Waals surface area contributed by atoms with E-state index >= 15 is 0 Å². The van der Waals surface area contributed by atoms with Crippen LogP contribution < -0.4 is 0 Å². The van der Waals surface area contributed by atoms with E-state index in [-0.39, 0.29) is 24.5 Å². The van der Waals surface area contributed by atoms with Gasteiger partial charge in [-0.1, -0.05) is 24.3 Å². The Morgan fingerprint density at radius 1 is 0.633 bits per heavy atom. The lowest BCUT2D eigenvalue weighted by Crippen LogP contribution is -2.12. The maximum Gasteiger partial charge on any atom is 0.356 e. The molecule has 12 heteroatoms. The highest BCUT2D eigenvalue weighted by Crippen LogP contribution is 2.13. The molecule has 0 aliphatic carbocycles. The number of benzene rings is 1. The number of carboxylic acid groups (broad SMARTS) is 4. The van der Waals surface area contributed by atoms with Crippen LogP contribution in [0.15, 0.2) is 36.4 Å². The number of aromatic nitrogens is 4. The standard InChI is InChI=1S/C18H14N4O8/c23-15(24)11-5-13(17(27)28)21(19-11)7-9-1-2-10(4-3-9)8-22-14(18(29)30)6-12(20-22)16(25)26/h1-6H,7-8H2,(H,23,24)(H,25,26)(H,27,28)(H,29,30). The van der Waals surface area contributed by atoms with Crippen molar-refractivity contribution in [3.05, 3.63) is 70.3 Å². The number of hydrogen-bond acceptors (Lipinski definition) is 6. The van der Waals surface area contributed by atoms with Gasteiger partial charge in [-0.2, -0.15) is 10.2 Å². The molecule has 0 saturated heterocycles. The summed E-state index contributed by atoms with van der Waals surface area (Å²) in [4.78, 5) is 44.6. The Kier molecular flexibility index (Phi) is 5.31. The minimum Gasteiger partial charge on any atom is -0.477 e. The smallest absolute Gasteiger partial charge is 0.356 e. The summed E-state index contributed by atoms with van der Waals surface area (Å²) in [6.07, 6.45) is 0. The Labute approximate surface area is 167 Å². The predicted molar refractivity (Wildman–Crippen MR) is 96.9 cm³/mol. The fourth-order valence-electron chi connectivity index (χ4n) is 2.72. The topological polar surface area (TPSA) is 185 Å². The van der Waals surface area contributed by atoms with E-state index in [4.69, 9.17) is 10.2 Å². The zero-order valence-electron chi connectivity index (χ0n) is 15.1. The van der Waals surface area contributed by atoms with Crippen LogP contribution in [0.4, 0.5) is 0 Å². The molecule has 12 nitrogen and oxygen atoms in total. The van der Waals surface area contributed by atoms with Crippen molar-refractivity contribution in [2.45, 2.75) is 13.1 Å². The lowest BCUT2D eigenvalue weighted by atomic mass is 10.1. The van der Waals surface area contributed by atoms with Gasteiger partial charge in [0.05, 0.1) is 13.1 Å². The maximum absolute atomic E-state index is 11.3. The molecule has 0 aliphatic heterocycles. The number of nitrogens with zero attached hydrogens (tertiary/aromatic N) is 4. The molecule has 0 amide bonds. The van der Waals surface area contributed by atoms with Gasteiger partial charge in [-0.25, -0.2) is 19.2 Å². The molecule has 1 aromatic carbocycles. The van der Waals surface area contributed by atoms with Gasteiger partial charge in [-0.15, -0.1) is 0 Å². The van der Waals surface area contributed by atoms with Crippen LogP contribution in [0.5, 0.6) is 0 Å². The summed E-state index contributed by atoms with van der Waals surface area (Å²) >= 11 is 0. The largest absolute Gasteiger partial charge is 0.477 e. The quantitative estimate of drug-likeness (QED) is 0.414. The number of carbonyl (C=O) groups is 4. The Hall–Kier alpha value is -4.48. The normalized spacial score (nSPS) is 10.7. The van der Waals surface area contributed by atoms with Crippen molar-refractivity contribution in [2.24, 2.45) is 0 Å². The van der Waals surface area contributed by atoms with Crippen LogP contribution in [0.1, 0.15) is 53.1 Å². The van der Waals surface area contributed by atoms with E-state index in [1.807, 2.05) is 0 Å². The van der Waals surface area contributed by atoms with Gasteiger partial charge in [-0.05, 0) is 11.1 Å². The van der Waals surface area contributed by atoms with E-state index in [0.29, 0.717) is 11.1 Å². The zero-order valence-corrected chi connectivity index (χ0v) is 15.1. The molecule has 0 fully saturated rings. The fraction of sp³-hybridized carbons (Fsp3) is 0.111. The molecule has 3 rings (SSSR count). The molecule has 154 valence electrons. The Morgan fingerprint density at radius 2 is 0.967 bits per heavy atom. The molecular weight excluding hydrogens is 400 g/mol. The average molecular weight is 414 g/mol. The van der Waals surface area contributed by atoms with E-state index in [9.17, 15) is 29.4 Å². The molecule has 0 radical (unpaired) electrons. The summed E-state index contributed by atoms with van der Waals surface area (Å²) in [5.41, 5.74) is -0.102. The molecule has 4 N–H and O–H groups in total. The third kappa shape index (κ3) is 4.16. The maximum atomic E-state index is 11.3. The van der Waals surface area contributed by atoms with Gasteiger partial charge in [0.25, 0.3) is 0 Å². The minimum atomic E-state index is -1.35. The molecule has 0 spiro atoms. The van der Waals surface area contributed by atoms with Gasteiger partial charge in [0.15, 0.2) is 11.4 Å². The van der Waals surface area contributed by atoms with E-state index in [2.05, 4.69) is 10.2 Å². The summed E-state index contributed by atoms with van der Waals surface area (Å²) in [5.74, 6) is -5.33. The summed E-state index contributed by atoms with van der Waals surface area (Å²) in [7, 11) is 0. The van der Waals surface area contributed by atoms with Crippen molar-refractivity contribution in [3.63, 3.8) is 0 Å². The molecular formula is C18H14N4O8. The van der Waals surface area contributed by atoms with E-state index < -0.39 is 35.3 Å². The number of hydrogen-bond donors (Lipinski definition) is 4. The monoisotopic (exact) mass is 414 g/mol. The first kappa shape index (κ1) is 20.3. The minimum absolute atomic E-state index is 0.000497. The highest BCUT2D eigenvalue weighted by Gasteiger charge is 2.19. The predicted octanol–water partition coefficient (Wildman–Crippen LogP) is 0.969. The molecule has 0 atom stereocenters. The van der Waals surface area contributed by atoms with E-state index in [1.165, 1.54) is 0 Å². The molecule has 2 heterocycles. The Morgan fingerprint density at radius 3 is 1.23 bits per heavy atom. The van der Waals surface area contributed by atoms with Crippen LogP contribution in [0.25, 0.3) is 0 Å². The molecule has 2 aromatic heterocycles. The highest BCUT2D eigenvalue weighted by molar-refractivity contribution is 5.92. The lowest BCUT2D eigenvalue weighted by molar-refractivity contribution is 0.0673. The zero-order chi connectivity index (χ0) is 22.0. The number of carboxylic acids is 4. The van der Waals surface area contributed by atoms with Gasteiger partial charge in [0, 0.05) is 12.1 Å². The molecule has 0 saturated carbocycles. The number of rotatable bonds is 8. The van der Waals surface area contributed by atoms with Crippen LogP contribution in [0.2, 0.25) is 0 Å². The third-order valence-electron chi connectivity index (χ3n) is 4.12. The van der Waals surface area contributed by atoms with Crippen molar-refractivity contribution in [3.8, 4) is 0 Å². The second-order valence-corrected chi connectivity index (χ2v) is 6.18. The first-order chi connectivity index (χ1) is 14.2. The van der Waals surface area contributed by atoms with Crippen LogP contribution in [0.3, 0.4) is 0 Å². The Bertz CT molecular complexity index is 1070. The molecule has 0 bridgehead atoms. The summed E-state index contributed by atoms with van der Waals surface area (Å²) < 4.78 is 2.10. The lowest BCUT2D eigenvalue weighted by Gasteiger charge is -2.08. The summed E-state index contributed by atoms with van der Waals surface area (Å²) in [6.45, 7) is 0.000995. The fourth-order valence-corrected chi connectivity index (χ4v) is 2.72. The SMILES string of the molecule is O=C(O)c1cc(C(=O)O)n(Cc2ccc(Cn3nc(C(=O)O)cc3C(=O)O)cc2)n1. The van der Waals surface area contributed by atoms with Crippen LogP contribution in [0, 0.1) is 0 Å². The van der Waals surface area contributed by atoms with Gasteiger partial charge in [0.2, 0.25) is 0 Å². The first-order valence-corrected chi connectivity index (χ1v) is 8.32. The highest BCUT2D eigenvalue weighted by atomic mass is 16.4. The van der Waals surface area contributed by atoms with Crippen molar-refractivity contribution < 1.29 is 39.6 Å². The van der Waals surface area contributed by atoms with Crippen molar-refractivity contribution in [1.82, 2.24) is 19.6 Å². The summed E-state index contributed by atoms with van der Waals surface area (Å²) in [5, 5.41) is 43.9. The van der Waals surface area contributed by atoms with E-state index in [1.54, 1.807) is 24.3 Å². The second kappa shape index (κ2) is 7.87. The van der Waals surface area contributed by atoms with Gasteiger partial charge in [-0.3, -0.25) is 9.36 Å². The van der Waals surface area contributed by atoms with Crippen molar-refractivity contribution >= 4 is 23.9 Å². The summed E-state index contributed by atoms with van der Waals surface area (Å²) in [6, 6.07) is 8.45. The van der Waals surface area contributed by atoms with Crippen LogP contribution in [-0.4, -0.2) is 63.9 Å². The van der Waals surface area contributed by atoms with Crippen molar-refractivity contribution in [2.75, 3.05) is 0 Å². The molecule has 3 aromatic rings. The van der Waals surface area contributed by atoms with Crippen LogP contribution >= 0.6 is 0 Å². The number of aromatic carboxylic acids is 4. The van der Waals surface area contributed by atoms with Gasteiger partial charge >= 0.3 is 23.9 Å². The third-order valence-corrected chi connectivity index (χ3v) is 4.12. The average Bonchev–Trinajstić information content (AvgIpc) is 3.28. The van der Waals surface area contributed by atoms with E-state index in [0.717, 1.165) is 21.5 Å². The Balaban J connectivity index is 1.81. The molecule has 0 unspecified atom stereocenters. The van der Waals surface area contributed by atoms with Gasteiger partial charge < -0.3 is 20.4 Å². The van der Waals surface area contributed by atoms with Crippen molar-refractivity contribution in [1.29, 1.82) is 0 Å². The molecule has 30 heavy (non-hydrogen) atoms. The van der Waals surface area contributed by atoms with Gasteiger partial charge in [0.1, 0.15) is 11.4 Å². The second-order valence-electron chi connectivity index (χ2n) is 6.18. The van der Waals surface area contributed by atoms with Crippen LogP contribution in [-0.2, 0) is 13.1 Å².